The van der Waals surface area contributed by atoms with Crippen molar-refractivity contribution in [3.05, 3.63) is 83.9 Å². The molecule has 0 saturated carbocycles. The number of aryl methyl sites for hydroxylation is 2. The van der Waals surface area contributed by atoms with Gasteiger partial charge in [0.2, 0.25) is 5.91 Å². The molecule has 130 valence electrons. The molecule has 0 aliphatic carbocycles. The van der Waals surface area contributed by atoms with Crippen LogP contribution in [0.15, 0.2) is 77.7 Å². The molecule has 0 unspecified atom stereocenters. The van der Waals surface area contributed by atoms with Crippen molar-refractivity contribution in [2.45, 2.75) is 17.7 Å². The van der Waals surface area contributed by atoms with Crippen LogP contribution < -0.4 is 10.6 Å². The molecule has 26 heavy (non-hydrogen) atoms. The normalized spacial score (nSPS) is 12.8. The standard InChI is InChI=1S/C22H20N2OS/c23-18-8-5-9-19(14-18)26-15-22(25)24-20-10-3-1-6-16(20)12-13-17-7-2-4-11-21(17)24/h1-11,14H,12-13,15,23H2. The Labute approximate surface area is 157 Å². The molecule has 3 nitrogen and oxygen atoms in total. The lowest BCUT2D eigenvalue weighted by Crippen LogP contribution is -2.28. The first-order valence-corrected chi connectivity index (χ1v) is 9.68. The van der Waals surface area contributed by atoms with Crippen molar-refractivity contribution in [2.24, 2.45) is 0 Å². The van der Waals surface area contributed by atoms with Gasteiger partial charge in [-0.2, -0.15) is 0 Å². The topological polar surface area (TPSA) is 46.3 Å². The highest BCUT2D eigenvalue weighted by Gasteiger charge is 2.25. The van der Waals surface area contributed by atoms with Gasteiger partial charge in [0.05, 0.1) is 17.1 Å². The van der Waals surface area contributed by atoms with E-state index in [2.05, 4.69) is 12.1 Å². The number of thioether (sulfide) groups is 1. The van der Waals surface area contributed by atoms with Gasteiger partial charge in [0.25, 0.3) is 0 Å². The van der Waals surface area contributed by atoms with E-state index in [0.29, 0.717) is 11.4 Å². The molecule has 1 aliphatic rings. The van der Waals surface area contributed by atoms with Gasteiger partial charge in [-0.25, -0.2) is 0 Å². The lowest BCUT2D eigenvalue weighted by Gasteiger charge is -2.25. The molecule has 0 spiro atoms. The molecule has 0 aromatic heterocycles. The maximum absolute atomic E-state index is 13.2. The number of hydrogen-bond acceptors (Lipinski definition) is 3. The Bertz CT molecular complexity index is 907. The second-order valence-corrected chi connectivity index (χ2v) is 7.40. The first kappa shape index (κ1) is 16.7. The predicted molar refractivity (Wildman–Crippen MR) is 109 cm³/mol. The highest BCUT2D eigenvalue weighted by atomic mass is 32.2. The number of hydrogen-bond donors (Lipinski definition) is 1. The van der Waals surface area contributed by atoms with Crippen molar-refractivity contribution in [1.29, 1.82) is 0 Å². The van der Waals surface area contributed by atoms with Gasteiger partial charge < -0.3 is 5.73 Å². The van der Waals surface area contributed by atoms with E-state index in [1.807, 2.05) is 65.6 Å². The number of carbonyl (C=O) groups excluding carboxylic acids is 1. The van der Waals surface area contributed by atoms with E-state index in [9.17, 15) is 4.79 Å². The summed E-state index contributed by atoms with van der Waals surface area (Å²) in [5, 5.41) is 0. The monoisotopic (exact) mass is 360 g/mol. The highest BCUT2D eigenvalue weighted by Crippen LogP contribution is 2.36. The lowest BCUT2D eigenvalue weighted by molar-refractivity contribution is -0.115. The van der Waals surface area contributed by atoms with Crippen molar-refractivity contribution < 1.29 is 4.79 Å². The summed E-state index contributed by atoms with van der Waals surface area (Å²) >= 11 is 1.52. The van der Waals surface area contributed by atoms with Crippen LogP contribution in [0.1, 0.15) is 11.1 Å². The summed E-state index contributed by atoms with van der Waals surface area (Å²) in [5.41, 5.74) is 11.0. The van der Waals surface area contributed by atoms with Crippen molar-refractivity contribution in [3.63, 3.8) is 0 Å². The van der Waals surface area contributed by atoms with Gasteiger partial charge in [0, 0.05) is 10.6 Å². The first-order valence-electron chi connectivity index (χ1n) is 8.69. The molecule has 1 heterocycles. The summed E-state index contributed by atoms with van der Waals surface area (Å²) in [6, 6.07) is 24.1. The summed E-state index contributed by atoms with van der Waals surface area (Å²) in [6.45, 7) is 0. The summed E-state index contributed by atoms with van der Waals surface area (Å²) in [5.74, 6) is 0.450. The third-order valence-corrected chi connectivity index (χ3v) is 5.58. The number of anilines is 3. The fourth-order valence-electron chi connectivity index (χ4n) is 3.36. The van der Waals surface area contributed by atoms with Gasteiger partial charge in [-0.3, -0.25) is 9.69 Å². The quantitative estimate of drug-likeness (QED) is 0.538. The second kappa shape index (κ2) is 7.26. The van der Waals surface area contributed by atoms with Gasteiger partial charge in [0.1, 0.15) is 0 Å². The molecular formula is C22H20N2OS. The maximum atomic E-state index is 13.2. The molecule has 0 fully saturated rings. The molecule has 1 aliphatic heterocycles. The lowest BCUT2D eigenvalue weighted by atomic mass is 10.0. The van der Waals surface area contributed by atoms with Gasteiger partial charge in [0.15, 0.2) is 0 Å². The van der Waals surface area contributed by atoms with Gasteiger partial charge >= 0.3 is 0 Å². The average molecular weight is 360 g/mol. The molecule has 0 radical (unpaired) electrons. The molecule has 0 saturated heterocycles. The number of nitrogens with two attached hydrogens (primary N) is 1. The second-order valence-electron chi connectivity index (χ2n) is 6.35. The molecule has 3 aromatic rings. The van der Waals surface area contributed by atoms with Crippen LogP contribution in [0.3, 0.4) is 0 Å². The molecule has 4 heteroatoms. The number of nitrogens with zero attached hydrogens (tertiary/aromatic N) is 1. The third-order valence-electron chi connectivity index (χ3n) is 4.60. The number of para-hydroxylation sites is 2. The van der Waals surface area contributed by atoms with E-state index < -0.39 is 0 Å². The molecular weight excluding hydrogens is 340 g/mol. The predicted octanol–water partition coefficient (Wildman–Crippen LogP) is 4.82. The van der Waals surface area contributed by atoms with E-state index in [4.69, 9.17) is 5.73 Å². The molecule has 0 bridgehead atoms. The van der Waals surface area contributed by atoms with E-state index in [1.165, 1.54) is 22.9 Å². The first-order chi connectivity index (χ1) is 12.7. The Morgan fingerprint density at radius 3 is 2.12 bits per heavy atom. The number of carbonyl (C=O) groups is 1. The van der Waals surface area contributed by atoms with Gasteiger partial charge in [-0.05, 0) is 54.3 Å². The van der Waals surface area contributed by atoms with Crippen LogP contribution in [0.25, 0.3) is 0 Å². The summed E-state index contributed by atoms with van der Waals surface area (Å²) in [4.78, 5) is 16.1. The Kier molecular flexibility index (Phi) is 4.67. The van der Waals surface area contributed by atoms with Crippen molar-refractivity contribution in [2.75, 3.05) is 16.4 Å². The SMILES string of the molecule is Nc1cccc(SCC(=O)N2c3ccccc3CCc3ccccc32)c1. The number of rotatable bonds is 3. The van der Waals surface area contributed by atoms with Crippen molar-refractivity contribution in [1.82, 2.24) is 0 Å². The number of amides is 1. The van der Waals surface area contributed by atoms with E-state index in [0.717, 1.165) is 29.1 Å². The molecule has 0 atom stereocenters. The Balaban J connectivity index is 1.67. The fraction of sp³-hybridized carbons (Fsp3) is 0.136. The molecule has 3 aromatic carbocycles. The zero-order valence-electron chi connectivity index (χ0n) is 14.4. The van der Waals surface area contributed by atoms with Crippen molar-refractivity contribution in [3.8, 4) is 0 Å². The maximum Gasteiger partial charge on any atom is 0.241 e. The fourth-order valence-corrected chi connectivity index (χ4v) is 4.18. The van der Waals surface area contributed by atoms with E-state index >= 15 is 0 Å². The Morgan fingerprint density at radius 2 is 1.50 bits per heavy atom. The molecule has 4 rings (SSSR count). The van der Waals surface area contributed by atoms with Crippen molar-refractivity contribution >= 4 is 34.7 Å². The van der Waals surface area contributed by atoms with Crippen LogP contribution in [-0.4, -0.2) is 11.7 Å². The van der Waals surface area contributed by atoms with Gasteiger partial charge in [-0.15, -0.1) is 11.8 Å². The van der Waals surface area contributed by atoms with E-state index in [1.54, 1.807) is 0 Å². The number of fused-ring (bicyclic) bond motifs is 2. The minimum atomic E-state index is 0.0826. The number of benzene rings is 3. The van der Waals surface area contributed by atoms with Gasteiger partial charge in [-0.1, -0.05) is 42.5 Å². The van der Waals surface area contributed by atoms with Crippen LogP contribution in [-0.2, 0) is 17.6 Å². The van der Waals surface area contributed by atoms with Crippen LogP contribution in [0.5, 0.6) is 0 Å². The summed E-state index contributed by atoms with van der Waals surface area (Å²) in [7, 11) is 0. The molecule has 1 amide bonds. The Morgan fingerprint density at radius 1 is 0.885 bits per heavy atom. The largest absolute Gasteiger partial charge is 0.399 e. The molecule has 2 N–H and O–H groups in total. The summed E-state index contributed by atoms with van der Waals surface area (Å²) < 4.78 is 0. The third kappa shape index (κ3) is 3.33. The van der Waals surface area contributed by atoms with E-state index in [-0.39, 0.29) is 5.91 Å². The minimum absolute atomic E-state index is 0.0826. The van der Waals surface area contributed by atoms with Crippen LogP contribution >= 0.6 is 11.8 Å². The highest BCUT2D eigenvalue weighted by molar-refractivity contribution is 8.00. The summed E-state index contributed by atoms with van der Waals surface area (Å²) in [6.07, 6.45) is 1.89. The Hall–Kier alpha value is -2.72. The zero-order valence-corrected chi connectivity index (χ0v) is 15.2. The number of nitrogen functional groups attached to an aromatic ring is 1. The average Bonchev–Trinajstić information content (AvgIpc) is 2.83. The van der Waals surface area contributed by atoms with Crippen LogP contribution in [0.2, 0.25) is 0 Å². The van der Waals surface area contributed by atoms with Crippen LogP contribution in [0, 0.1) is 0 Å². The minimum Gasteiger partial charge on any atom is -0.399 e. The smallest absolute Gasteiger partial charge is 0.241 e. The zero-order chi connectivity index (χ0) is 17.9. The van der Waals surface area contributed by atoms with Crippen LogP contribution in [0.4, 0.5) is 17.1 Å².